The minimum Gasteiger partial charge on any atom is -0.478 e. The third-order valence-electron chi connectivity index (χ3n) is 4.85. The van der Waals surface area contributed by atoms with Crippen molar-refractivity contribution in [1.29, 1.82) is 0 Å². The molecule has 3 aromatic carbocycles. The fourth-order valence-electron chi connectivity index (χ4n) is 3.41. The largest absolute Gasteiger partial charge is 0.478 e. The molecular formula is C25H24N2O4. The van der Waals surface area contributed by atoms with Crippen LogP contribution in [0.3, 0.4) is 0 Å². The maximum Gasteiger partial charge on any atom is 0.335 e. The van der Waals surface area contributed by atoms with Crippen LogP contribution in [0.4, 0.5) is 11.4 Å². The van der Waals surface area contributed by atoms with E-state index in [2.05, 4.69) is 5.32 Å². The fourth-order valence-corrected chi connectivity index (χ4v) is 3.41. The number of carbonyl (C=O) groups excluding carboxylic acids is 2. The number of aromatic carboxylic acids is 1. The number of carboxylic acids is 1. The van der Waals surface area contributed by atoms with E-state index in [1.165, 1.54) is 13.0 Å². The van der Waals surface area contributed by atoms with E-state index < -0.39 is 5.97 Å². The predicted molar refractivity (Wildman–Crippen MR) is 120 cm³/mol. The van der Waals surface area contributed by atoms with Gasteiger partial charge in [0, 0.05) is 23.9 Å². The summed E-state index contributed by atoms with van der Waals surface area (Å²) in [6.07, 6.45) is 0.737. The number of benzene rings is 3. The van der Waals surface area contributed by atoms with E-state index in [0.29, 0.717) is 16.8 Å². The second kappa shape index (κ2) is 9.71. The summed E-state index contributed by atoms with van der Waals surface area (Å²) in [5.41, 5.74) is 3.60. The van der Waals surface area contributed by atoms with Crippen LogP contribution < -0.4 is 10.2 Å². The monoisotopic (exact) mass is 416 g/mol. The molecule has 3 rings (SSSR count). The zero-order valence-corrected chi connectivity index (χ0v) is 17.5. The van der Waals surface area contributed by atoms with Crippen molar-refractivity contribution in [3.63, 3.8) is 0 Å². The number of carboxylic acid groups (broad SMARTS) is 1. The van der Waals surface area contributed by atoms with Crippen LogP contribution in [0.1, 0.15) is 45.7 Å². The summed E-state index contributed by atoms with van der Waals surface area (Å²) in [6.45, 7) is 3.64. The molecule has 3 aromatic rings. The minimum atomic E-state index is -1.02. The summed E-state index contributed by atoms with van der Waals surface area (Å²) in [5, 5.41) is 12.0. The molecule has 6 nitrogen and oxygen atoms in total. The van der Waals surface area contributed by atoms with E-state index in [1.807, 2.05) is 31.2 Å². The van der Waals surface area contributed by atoms with Crippen LogP contribution in [0.5, 0.6) is 0 Å². The third-order valence-corrected chi connectivity index (χ3v) is 4.85. The Morgan fingerprint density at radius 3 is 2.32 bits per heavy atom. The number of hydrogen-bond donors (Lipinski definition) is 2. The van der Waals surface area contributed by atoms with Crippen LogP contribution in [-0.4, -0.2) is 22.9 Å². The Balaban J connectivity index is 2.04. The normalized spacial score (nSPS) is 10.4. The molecule has 2 N–H and O–H groups in total. The maximum absolute atomic E-state index is 13.6. The van der Waals surface area contributed by atoms with Crippen molar-refractivity contribution in [2.45, 2.75) is 26.8 Å². The zero-order chi connectivity index (χ0) is 22.4. The number of hydrogen-bond acceptors (Lipinski definition) is 3. The third kappa shape index (κ3) is 5.36. The summed E-state index contributed by atoms with van der Waals surface area (Å²) in [4.78, 5) is 38.0. The molecule has 0 atom stereocenters. The Morgan fingerprint density at radius 1 is 0.903 bits per heavy atom. The van der Waals surface area contributed by atoms with Gasteiger partial charge in [0.2, 0.25) is 5.91 Å². The average Bonchev–Trinajstić information content (AvgIpc) is 2.77. The van der Waals surface area contributed by atoms with Gasteiger partial charge in [0.25, 0.3) is 5.91 Å². The minimum absolute atomic E-state index is 0.168. The van der Waals surface area contributed by atoms with Crippen molar-refractivity contribution in [1.82, 2.24) is 0 Å². The van der Waals surface area contributed by atoms with Gasteiger partial charge in [-0.15, -0.1) is 0 Å². The molecule has 0 aliphatic carbocycles. The van der Waals surface area contributed by atoms with Gasteiger partial charge in [-0.05, 0) is 53.9 Å². The molecule has 0 unspecified atom stereocenters. The SMILES string of the molecule is CCc1ccccc1N(Cc1cccc(C(=O)O)c1)C(=O)c1cccc(NC(C)=O)c1. The second-order valence-electron chi connectivity index (χ2n) is 7.14. The number of nitrogens with one attached hydrogen (secondary N) is 1. The van der Waals surface area contributed by atoms with Gasteiger partial charge in [-0.2, -0.15) is 0 Å². The van der Waals surface area contributed by atoms with Crippen molar-refractivity contribution in [2.75, 3.05) is 10.2 Å². The van der Waals surface area contributed by atoms with E-state index in [1.54, 1.807) is 47.4 Å². The molecule has 158 valence electrons. The van der Waals surface area contributed by atoms with Gasteiger partial charge in [0.05, 0.1) is 12.1 Å². The van der Waals surface area contributed by atoms with Gasteiger partial charge in [-0.1, -0.05) is 43.3 Å². The molecule has 0 radical (unpaired) electrons. The Labute approximate surface area is 181 Å². The lowest BCUT2D eigenvalue weighted by molar-refractivity contribution is -0.114. The molecular weight excluding hydrogens is 392 g/mol. The maximum atomic E-state index is 13.6. The van der Waals surface area contributed by atoms with Gasteiger partial charge in [-0.25, -0.2) is 4.79 Å². The van der Waals surface area contributed by atoms with Gasteiger partial charge < -0.3 is 15.3 Å². The molecule has 0 heterocycles. The van der Waals surface area contributed by atoms with Gasteiger partial charge in [0.15, 0.2) is 0 Å². The van der Waals surface area contributed by atoms with E-state index in [-0.39, 0.29) is 23.9 Å². The predicted octanol–water partition coefficient (Wildman–Crippen LogP) is 4.75. The molecule has 0 bridgehead atoms. The van der Waals surface area contributed by atoms with Gasteiger partial charge >= 0.3 is 5.97 Å². The topological polar surface area (TPSA) is 86.7 Å². The van der Waals surface area contributed by atoms with E-state index in [9.17, 15) is 19.5 Å². The Morgan fingerprint density at radius 2 is 1.61 bits per heavy atom. The highest BCUT2D eigenvalue weighted by molar-refractivity contribution is 6.07. The van der Waals surface area contributed by atoms with Crippen molar-refractivity contribution in [2.24, 2.45) is 0 Å². The molecule has 0 fully saturated rings. The number of anilines is 2. The van der Waals surface area contributed by atoms with E-state index in [4.69, 9.17) is 0 Å². The highest BCUT2D eigenvalue weighted by atomic mass is 16.4. The molecule has 0 spiro atoms. The van der Waals surface area contributed by atoms with Gasteiger partial charge in [-0.3, -0.25) is 9.59 Å². The summed E-state index contributed by atoms with van der Waals surface area (Å²) in [5.74, 6) is -1.48. The van der Waals surface area contributed by atoms with Crippen molar-refractivity contribution < 1.29 is 19.5 Å². The first-order chi connectivity index (χ1) is 14.9. The van der Waals surface area contributed by atoms with Crippen LogP contribution >= 0.6 is 0 Å². The van der Waals surface area contributed by atoms with Gasteiger partial charge in [0.1, 0.15) is 0 Å². The average molecular weight is 416 g/mol. The first kappa shape index (κ1) is 21.8. The Bertz CT molecular complexity index is 1120. The highest BCUT2D eigenvalue weighted by Crippen LogP contribution is 2.26. The van der Waals surface area contributed by atoms with Crippen LogP contribution in [0, 0.1) is 0 Å². The lowest BCUT2D eigenvalue weighted by Gasteiger charge is -2.26. The van der Waals surface area contributed by atoms with E-state index >= 15 is 0 Å². The first-order valence-electron chi connectivity index (χ1n) is 9.98. The smallest absolute Gasteiger partial charge is 0.335 e. The number of para-hydroxylation sites is 1. The first-order valence-corrected chi connectivity index (χ1v) is 9.98. The Hall–Kier alpha value is -3.93. The van der Waals surface area contributed by atoms with Crippen molar-refractivity contribution in [3.8, 4) is 0 Å². The molecule has 31 heavy (non-hydrogen) atoms. The fraction of sp³-hybridized carbons (Fsp3) is 0.160. The second-order valence-corrected chi connectivity index (χ2v) is 7.14. The summed E-state index contributed by atoms with van der Waals surface area (Å²) < 4.78 is 0. The number of rotatable bonds is 7. The summed E-state index contributed by atoms with van der Waals surface area (Å²) in [6, 6.07) is 21.0. The molecule has 0 saturated carbocycles. The number of nitrogens with zero attached hydrogens (tertiary/aromatic N) is 1. The van der Waals surface area contributed by atoms with Crippen LogP contribution in [0.25, 0.3) is 0 Å². The molecule has 2 amide bonds. The molecule has 6 heteroatoms. The highest BCUT2D eigenvalue weighted by Gasteiger charge is 2.21. The van der Waals surface area contributed by atoms with Crippen molar-refractivity contribution in [3.05, 3.63) is 95.1 Å². The zero-order valence-electron chi connectivity index (χ0n) is 17.5. The lowest BCUT2D eigenvalue weighted by Crippen LogP contribution is -2.31. The molecule has 0 aromatic heterocycles. The number of carbonyl (C=O) groups is 3. The number of amides is 2. The van der Waals surface area contributed by atoms with Crippen LogP contribution in [-0.2, 0) is 17.8 Å². The molecule has 0 saturated heterocycles. The standard InChI is InChI=1S/C25H24N2O4/c1-3-19-9-4-5-13-23(19)27(16-18-8-6-11-21(14-18)25(30)31)24(29)20-10-7-12-22(15-20)26-17(2)28/h4-15H,3,16H2,1-2H3,(H,26,28)(H,30,31). The van der Waals surface area contributed by atoms with Crippen LogP contribution in [0.15, 0.2) is 72.8 Å². The van der Waals surface area contributed by atoms with Crippen molar-refractivity contribution >= 4 is 29.2 Å². The number of aryl methyl sites for hydroxylation is 1. The van der Waals surface area contributed by atoms with Crippen LogP contribution in [0.2, 0.25) is 0 Å². The summed E-state index contributed by atoms with van der Waals surface area (Å²) in [7, 11) is 0. The van der Waals surface area contributed by atoms with E-state index in [0.717, 1.165) is 17.7 Å². The Kier molecular flexibility index (Phi) is 6.82. The summed E-state index contributed by atoms with van der Waals surface area (Å²) >= 11 is 0. The molecule has 0 aliphatic rings. The molecule has 0 aliphatic heterocycles. The lowest BCUT2D eigenvalue weighted by atomic mass is 10.1. The quantitative estimate of drug-likeness (QED) is 0.582.